The van der Waals surface area contributed by atoms with Gasteiger partial charge >= 0.3 is 0 Å². The van der Waals surface area contributed by atoms with Crippen molar-refractivity contribution in [1.29, 1.82) is 0 Å². The number of hydrogen-bond acceptors (Lipinski definition) is 6. The third-order valence-corrected chi connectivity index (χ3v) is 4.81. The largest absolute Gasteiger partial charge is 0.385 e. The Bertz CT molecular complexity index is 576. The maximum atomic E-state index is 10.7. The topological polar surface area (TPSA) is 80.2 Å². The van der Waals surface area contributed by atoms with Crippen LogP contribution < -0.4 is 5.32 Å². The third-order valence-electron chi connectivity index (χ3n) is 4.81. The first-order chi connectivity index (χ1) is 11.8. The first-order valence-electron chi connectivity index (χ1n) is 9.06. The summed E-state index contributed by atoms with van der Waals surface area (Å²) >= 11 is 0. The van der Waals surface area contributed by atoms with E-state index in [-0.39, 0.29) is 19.3 Å². The Hall–Kier alpha value is -1.18. The molecule has 0 bridgehead atoms. The molecule has 2 heterocycles. The first kappa shape index (κ1) is 18.6. The maximum absolute atomic E-state index is 10.7. The van der Waals surface area contributed by atoms with Crippen molar-refractivity contribution in [3.63, 3.8) is 0 Å². The second-order valence-corrected chi connectivity index (χ2v) is 7.39. The van der Waals surface area contributed by atoms with Crippen molar-refractivity contribution in [3.8, 4) is 0 Å². The molecule has 0 spiro atoms. The SMILES string of the molecule is CCCCc1ccc(NC[C@@]2(O)OC[C@H]3OC(C)(C)O[C@H]3[C@@H]2O)cc1. The van der Waals surface area contributed by atoms with E-state index in [2.05, 4.69) is 24.4 Å². The number of aliphatic hydroxyl groups is 2. The molecule has 6 nitrogen and oxygen atoms in total. The van der Waals surface area contributed by atoms with Crippen LogP contribution >= 0.6 is 0 Å². The molecule has 2 aliphatic heterocycles. The average Bonchev–Trinajstić information content (AvgIpc) is 2.91. The molecule has 1 aromatic carbocycles. The van der Waals surface area contributed by atoms with Gasteiger partial charge in [0.05, 0.1) is 13.2 Å². The lowest BCUT2D eigenvalue weighted by Gasteiger charge is -2.41. The molecule has 1 aromatic rings. The highest BCUT2D eigenvalue weighted by molar-refractivity contribution is 5.45. The van der Waals surface area contributed by atoms with Crippen LogP contribution in [0.25, 0.3) is 0 Å². The zero-order valence-electron chi connectivity index (χ0n) is 15.2. The molecule has 3 rings (SSSR count). The minimum Gasteiger partial charge on any atom is -0.385 e. The summed E-state index contributed by atoms with van der Waals surface area (Å²) in [5, 5.41) is 24.4. The van der Waals surface area contributed by atoms with E-state index in [0.717, 1.165) is 12.1 Å². The number of aryl methyl sites for hydroxylation is 1. The number of unbranched alkanes of at least 4 members (excludes halogenated alkanes) is 1. The van der Waals surface area contributed by atoms with Gasteiger partial charge in [-0.15, -0.1) is 0 Å². The standard InChI is InChI=1S/C19H29NO5/c1-4-5-6-13-7-9-14(10-8-13)20-12-19(22)17(21)16-15(11-23-19)24-18(2,3)25-16/h7-10,15-17,20-22H,4-6,11-12H2,1-3H3/t15-,16-,17+,19-/m1/s1. The van der Waals surface area contributed by atoms with Crippen LogP contribution in [-0.2, 0) is 20.6 Å². The van der Waals surface area contributed by atoms with Gasteiger partial charge in [0.25, 0.3) is 0 Å². The number of hydrogen-bond donors (Lipinski definition) is 3. The molecule has 25 heavy (non-hydrogen) atoms. The van der Waals surface area contributed by atoms with Crippen molar-refractivity contribution in [1.82, 2.24) is 0 Å². The van der Waals surface area contributed by atoms with E-state index in [1.165, 1.54) is 18.4 Å². The van der Waals surface area contributed by atoms with Gasteiger partial charge < -0.3 is 29.7 Å². The predicted molar refractivity (Wildman–Crippen MR) is 94.3 cm³/mol. The lowest BCUT2D eigenvalue weighted by Crippen LogP contribution is -2.62. The summed E-state index contributed by atoms with van der Waals surface area (Å²) in [6.45, 7) is 6.00. The summed E-state index contributed by atoms with van der Waals surface area (Å²) in [5.41, 5.74) is 2.16. The zero-order valence-corrected chi connectivity index (χ0v) is 15.2. The van der Waals surface area contributed by atoms with Crippen molar-refractivity contribution < 1.29 is 24.4 Å². The maximum Gasteiger partial charge on any atom is 0.212 e. The van der Waals surface area contributed by atoms with E-state index >= 15 is 0 Å². The number of benzene rings is 1. The van der Waals surface area contributed by atoms with E-state index in [1.54, 1.807) is 13.8 Å². The Labute approximate surface area is 149 Å². The lowest BCUT2D eigenvalue weighted by atomic mass is 9.96. The zero-order chi connectivity index (χ0) is 18.1. The third kappa shape index (κ3) is 4.15. The molecule has 0 unspecified atom stereocenters. The van der Waals surface area contributed by atoms with Gasteiger partial charge in [-0.05, 0) is 44.4 Å². The molecule has 0 aliphatic carbocycles. The number of anilines is 1. The molecule has 140 valence electrons. The van der Waals surface area contributed by atoms with Gasteiger partial charge in [-0.3, -0.25) is 0 Å². The highest BCUT2D eigenvalue weighted by Gasteiger charge is 2.56. The van der Waals surface area contributed by atoms with Crippen molar-refractivity contribution in [2.75, 3.05) is 18.5 Å². The van der Waals surface area contributed by atoms with Crippen LogP contribution in [0.3, 0.4) is 0 Å². The van der Waals surface area contributed by atoms with Crippen LogP contribution in [0.5, 0.6) is 0 Å². The summed E-state index contributed by atoms with van der Waals surface area (Å²) in [5.74, 6) is -2.50. The van der Waals surface area contributed by atoms with Crippen molar-refractivity contribution in [2.45, 2.75) is 69.9 Å². The predicted octanol–water partition coefficient (Wildman–Crippen LogP) is 2.04. The van der Waals surface area contributed by atoms with E-state index in [0.29, 0.717) is 0 Å². The van der Waals surface area contributed by atoms with Crippen molar-refractivity contribution in [2.24, 2.45) is 0 Å². The Balaban J connectivity index is 1.59. The highest BCUT2D eigenvalue weighted by atomic mass is 16.8. The average molecular weight is 351 g/mol. The summed E-state index contributed by atoms with van der Waals surface area (Å²) in [6, 6.07) is 8.11. The molecule has 0 saturated carbocycles. The smallest absolute Gasteiger partial charge is 0.212 e. The number of ether oxygens (including phenoxy) is 3. The number of aliphatic hydroxyl groups excluding tert-OH is 1. The molecule has 0 aromatic heterocycles. The number of nitrogens with one attached hydrogen (secondary N) is 1. The van der Waals surface area contributed by atoms with Gasteiger partial charge in [-0.25, -0.2) is 0 Å². The second-order valence-electron chi connectivity index (χ2n) is 7.39. The highest BCUT2D eigenvalue weighted by Crippen LogP contribution is 2.37. The van der Waals surface area contributed by atoms with Crippen LogP contribution in [0, 0.1) is 0 Å². The van der Waals surface area contributed by atoms with Crippen LogP contribution in [0.4, 0.5) is 5.69 Å². The van der Waals surface area contributed by atoms with Crippen LogP contribution in [0.1, 0.15) is 39.2 Å². The van der Waals surface area contributed by atoms with Gasteiger partial charge in [-0.1, -0.05) is 25.5 Å². The normalized spacial score (nSPS) is 33.9. The molecule has 2 saturated heterocycles. The molecule has 2 aliphatic rings. The summed E-state index contributed by atoms with van der Waals surface area (Å²) < 4.78 is 16.9. The Morgan fingerprint density at radius 2 is 1.92 bits per heavy atom. The molecule has 6 heteroatoms. The Morgan fingerprint density at radius 3 is 2.60 bits per heavy atom. The summed E-state index contributed by atoms with van der Waals surface area (Å²) in [6.07, 6.45) is 1.25. The van der Waals surface area contributed by atoms with E-state index in [1.807, 2.05) is 12.1 Å². The fraction of sp³-hybridized carbons (Fsp3) is 0.684. The van der Waals surface area contributed by atoms with Crippen LogP contribution in [-0.4, -0.2) is 53.3 Å². The first-order valence-corrected chi connectivity index (χ1v) is 9.06. The molecule has 3 N–H and O–H groups in total. The van der Waals surface area contributed by atoms with E-state index < -0.39 is 23.8 Å². The van der Waals surface area contributed by atoms with Crippen LogP contribution in [0.2, 0.25) is 0 Å². The molecule has 0 radical (unpaired) electrons. The summed E-state index contributed by atoms with van der Waals surface area (Å²) in [7, 11) is 0. The van der Waals surface area contributed by atoms with E-state index in [9.17, 15) is 10.2 Å². The quantitative estimate of drug-likeness (QED) is 0.728. The van der Waals surface area contributed by atoms with Crippen molar-refractivity contribution >= 4 is 5.69 Å². The van der Waals surface area contributed by atoms with Gasteiger partial charge in [0.15, 0.2) is 5.79 Å². The second kappa shape index (κ2) is 7.21. The molecule has 4 atom stereocenters. The monoisotopic (exact) mass is 351 g/mol. The number of rotatable bonds is 6. The fourth-order valence-corrected chi connectivity index (χ4v) is 3.38. The Kier molecular flexibility index (Phi) is 5.37. The van der Waals surface area contributed by atoms with Gasteiger partial charge in [0, 0.05) is 5.69 Å². The minimum atomic E-state index is -1.72. The fourth-order valence-electron chi connectivity index (χ4n) is 3.38. The number of fused-ring (bicyclic) bond motifs is 1. The molecule has 0 amide bonds. The molecular formula is C19H29NO5. The molecule has 2 fully saturated rings. The molecular weight excluding hydrogens is 322 g/mol. The lowest BCUT2D eigenvalue weighted by molar-refractivity contribution is -0.298. The van der Waals surface area contributed by atoms with Crippen LogP contribution in [0.15, 0.2) is 24.3 Å². The summed E-state index contributed by atoms with van der Waals surface area (Å²) in [4.78, 5) is 0. The van der Waals surface area contributed by atoms with Gasteiger partial charge in [0.1, 0.15) is 18.3 Å². The van der Waals surface area contributed by atoms with Gasteiger partial charge in [-0.2, -0.15) is 0 Å². The van der Waals surface area contributed by atoms with Gasteiger partial charge in [0.2, 0.25) is 5.79 Å². The Morgan fingerprint density at radius 1 is 1.20 bits per heavy atom. The van der Waals surface area contributed by atoms with Crippen molar-refractivity contribution in [3.05, 3.63) is 29.8 Å². The van der Waals surface area contributed by atoms with E-state index in [4.69, 9.17) is 14.2 Å². The minimum absolute atomic E-state index is 0.0650.